The van der Waals surface area contributed by atoms with Crippen LogP contribution in [-0.4, -0.2) is 11.7 Å². The zero-order valence-corrected chi connectivity index (χ0v) is 26.1. The van der Waals surface area contributed by atoms with Crippen molar-refractivity contribution < 1.29 is 0 Å². The number of nitriles is 1. The second-order valence-corrected chi connectivity index (χ2v) is 11.8. The summed E-state index contributed by atoms with van der Waals surface area (Å²) in [7, 11) is 0. The first kappa shape index (κ1) is 28.9. The zero-order valence-electron chi connectivity index (χ0n) is 26.1. The van der Waals surface area contributed by atoms with Gasteiger partial charge in [0.05, 0.1) is 11.6 Å². The van der Waals surface area contributed by atoms with Crippen LogP contribution in [0.25, 0.3) is 44.2 Å². The third-order valence-corrected chi connectivity index (χ3v) is 8.78. The Morgan fingerprint density at radius 1 is 0.479 bits per heavy atom. The Hall–Kier alpha value is -6.57. The maximum absolute atomic E-state index is 9.25. The average molecular weight is 615 g/mol. The normalized spacial score (nSPS) is 14.0. The summed E-state index contributed by atoms with van der Waals surface area (Å²) in [6, 6.07) is 60.7. The third-order valence-electron chi connectivity index (χ3n) is 8.78. The van der Waals surface area contributed by atoms with Crippen molar-refractivity contribution in [2.45, 2.75) is 6.17 Å². The van der Waals surface area contributed by atoms with Gasteiger partial charge in [-0.2, -0.15) is 5.26 Å². The molecule has 4 nitrogen and oxygen atoms in total. The molecule has 226 valence electrons. The van der Waals surface area contributed by atoms with Crippen LogP contribution in [0.5, 0.6) is 0 Å². The van der Waals surface area contributed by atoms with Gasteiger partial charge in [-0.15, -0.1) is 0 Å². The van der Waals surface area contributed by atoms with Crippen molar-refractivity contribution in [2.24, 2.45) is 9.98 Å². The van der Waals surface area contributed by atoms with E-state index < -0.39 is 0 Å². The molecule has 0 spiro atoms. The van der Waals surface area contributed by atoms with E-state index in [2.05, 4.69) is 121 Å². The van der Waals surface area contributed by atoms with Crippen LogP contribution in [0.2, 0.25) is 0 Å². The van der Waals surface area contributed by atoms with E-state index in [0.29, 0.717) is 11.4 Å². The van der Waals surface area contributed by atoms with Crippen molar-refractivity contribution in [3.8, 4) is 39.4 Å². The van der Waals surface area contributed by atoms with Crippen LogP contribution in [0.15, 0.2) is 180 Å². The molecule has 0 aliphatic carbocycles. The maximum Gasteiger partial charge on any atom is 0.159 e. The van der Waals surface area contributed by atoms with Crippen molar-refractivity contribution in [2.75, 3.05) is 0 Å². The van der Waals surface area contributed by atoms with Crippen LogP contribution in [0.4, 0.5) is 0 Å². The van der Waals surface area contributed by atoms with E-state index >= 15 is 0 Å². The highest BCUT2D eigenvalue weighted by Gasteiger charge is 2.21. The minimum absolute atomic E-state index is 0.231. The molecule has 1 unspecified atom stereocenters. The van der Waals surface area contributed by atoms with E-state index in [9.17, 15) is 5.26 Å². The summed E-state index contributed by atoms with van der Waals surface area (Å²) in [4.78, 5) is 9.98. The predicted molar refractivity (Wildman–Crippen MR) is 197 cm³/mol. The Bertz CT molecular complexity index is 2350. The van der Waals surface area contributed by atoms with Gasteiger partial charge in [0.1, 0.15) is 12.0 Å². The highest BCUT2D eigenvalue weighted by molar-refractivity contribution is 6.13. The molecular formula is C44H30N4. The molecule has 0 saturated carbocycles. The number of aliphatic imine (C=N–C) groups is 2. The molecule has 7 aromatic rings. The zero-order chi connectivity index (χ0) is 32.3. The summed E-state index contributed by atoms with van der Waals surface area (Å²) in [6.07, 6.45) is -0.231. The Morgan fingerprint density at radius 3 is 1.75 bits per heavy atom. The number of amidine groups is 2. The molecular weight excluding hydrogens is 585 g/mol. The van der Waals surface area contributed by atoms with Gasteiger partial charge in [-0.1, -0.05) is 146 Å². The molecule has 0 aromatic heterocycles. The molecule has 0 amide bonds. The Balaban J connectivity index is 1.12. The molecule has 0 fully saturated rings. The first-order chi connectivity index (χ1) is 23.7. The highest BCUT2D eigenvalue weighted by atomic mass is 15.2. The average Bonchev–Trinajstić information content (AvgIpc) is 3.18. The number of hydrogen-bond acceptors (Lipinski definition) is 4. The van der Waals surface area contributed by atoms with Crippen molar-refractivity contribution in [3.63, 3.8) is 0 Å². The number of nitrogens with zero attached hydrogens (tertiary/aromatic N) is 3. The summed E-state index contributed by atoms with van der Waals surface area (Å²) < 4.78 is 0. The predicted octanol–water partition coefficient (Wildman–Crippen LogP) is 10.2. The largest absolute Gasteiger partial charge is 0.344 e. The van der Waals surface area contributed by atoms with Gasteiger partial charge in [0, 0.05) is 11.1 Å². The fraction of sp³-hybridized carbons (Fsp3) is 0.0227. The van der Waals surface area contributed by atoms with Gasteiger partial charge in [-0.05, 0) is 74.0 Å². The van der Waals surface area contributed by atoms with Crippen molar-refractivity contribution in [1.29, 1.82) is 5.26 Å². The molecule has 1 atom stereocenters. The molecule has 7 aromatic carbocycles. The van der Waals surface area contributed by atoms with Crippen LogP contribution in [0.1, 0.15) is 28.4 Å². The Labute approximate surface area is 280 Å². The maximum atomic E-state index is 9.25. The van der Waals surface area contributed by atoms with Gasteiger partial charge in [-0.3, -0.25) is 0 Å². The molecule has 4 heteroatoms. The van der Waals surface area contributed by atoms with Gasteiger partial charge in [-0.25, -0.2) is 9.98 Å². The van der Waals surface area contributed by atoms with Crippen LogP contribution in [0, 0.1) is 11.3 Å². The van der Waals surface area contributed by atoms with E-state index in [1.165, 1.54) is 10.8 Å². The first-order valence-corrected chi connectivity index (χ1v) is 16.0. The van der Waals surface area contributed by atoms with E-state index in [4.69, 9.17) is 9.98 Å². The quantitative estimate of drug-likeness (QED) is 0.203. The fourth-order valence-electron chi connectivity index (χ4n) is 6.24. The van der Waals surface area contributed by atoms with E-state index in [1.54, 1.807) is 0 Å². The third kappa shape index (κ3) is 5.77. The standard InChI is InChI=1S/C44H30N4/c45-29-30-15-17-33(18-16-30)40-13-7-8-14-41(40)38-26-22-32-21-25-37(27-39(32)28-38)31-19-23-36(24-20-31)44-47-42(34-9-3-1-4-10-34)46-43(48-44)35-11-5-2-6-12-35/h1-28,42H,(H,46,47,48). The lowest BCUT2D eigenvalue weighted by molar-refractivity contribution is 0.674. The van der Waals surface area contributed by atoms with Crippen LogP contribution < -0.4 is 5.32 Å². The van der Waals surface area contributed by atoms with Gasteiger partial charge >= 0.3 is 0 Å². The SMILES string of the molecule is N#Cc1ccc(-c2ccccc2-c2ccc3ccc(-c4ccc(C5=NC(c6ccccc6)NC(c6ccccc6)=N5)cc4)cc3c2)cc1. The smallest absolute Gasteiger partial charge is 0.159 e. The topological polar surface area (TPSA) is 60.5 Å². The second-order valence-electron chi connectivity index (χ2n) is 11.8. The number of benzene rings is 7. The monoisotopic (exact) mass is 614 g/mol. The van der Waals surface area contributed by atoms with Gasteiger partial charge < -0.3 is 5.32 Å². The second kappa shape index (κ2) is 12.7. The minimum atomic E-state index is -0.231. The molecule has 8 rings (SSSR count). The number of fused-ring (bicyclic) bond motifs is 1. The molecule has 1 N–H and O–H groups in total. The van der Waals surface area contributed by atoms with Crippen molar-refractivity contribution in [1.82, 2.24) is 5.32 Å². The lowest BCUT2D eigenvalue weighted by Crippen LogP contribution is -2.33. The van der Waals surface area contributed by atoms with E-state index in [0.717, 1.165) is 55.9 Å². The van der Waals surface area contributed by atoms with Gasteiger partial charge in [0.25, 0.3) is 0 Å². The number of rotatable bonds is 6. The summed E-state index contributed by atoms with van der Waals surface area (Å²) in [5.74, 6) is 1.52. The summed E-state index contributed by atoms with van der Waals surface area (Å²) in [5, 5.41) is 15.1. The molecule has 0 bridgehead atoms. The van der Waals surface area contributed by atoms with Crippen molar-refractivity contribution >= 4 is 22.4 Å². The number of nitrogens with one attached hydrogen (secondary N) is 1. The molecule has 0 saturated heterocycles. The van der Waals surface area contributed by atoms with Crippen molar-refractivity contribution in [3.05, 3.63) is 192 Å². The van der Waals surface area contributed by atoms with E-state index in [1.807, 2.05) is 60.7 Å². The summed E-state index contributed by atoms with van der Waals surface area (Å²) in [5.41, 5.74) is 10.6. The Morgan fingerprint density at radius 2 is 1.04 bits per heavy atom. The van der Waals surface area contributed by atoms with Gasteiger partial charge in [0.15, 0.2) is 5.84 Å². The number of hydrogen-bond donors (Lipinski definition) is 1. The molecule has 1 aliphatic rings. The minimum Gasteiger partial charge on any atom is -0.344 e. The lowest BCUT2D eigenvalue weighted by atomic mass is 9.92. The van der Waals surface area contributed by atoms with E-state index in [-0.39, 0.29) is 6.17 Å². The summed E-state index contributed by atoms with van der Waals surface area (Å²) in [6.45, 7) is 0. The van der Waals surface area contributed by atoms with Crippen LogP contribution in [0.3, 0.4) is 0 Å². The molecule has 1 heterocycles. The Kier molecular flexibility index (Phi) is 7.62. The fourth-order valence-corrected chi connectivity index (χ4v) is 6.24. The van der Waals surface area contributed by atoms with Crippen LogP contribution in [-0.2, 0) is 0 Å². The highest BCUT2D eigenvalue weighted by Crippen LogP contribution is 2.35. The van der Waals surface area contributed by atoms with Crippen LogP contribution >= 0.6 is 0 Å². The molecule has 1 aliphatic heterocycles. The van der Waals surface area contributed by atoms with Gasteiger partial charge in [0.2, 0.25) is 0 Å². The first-order valence-electron chi connectivity index (χ1n) is 16.0. The summed E-state index contributed by atoms with van der Waals surface area (Å²) >= 11 is 0. The lowest BCUT2D eigenvalue weighted by Gasteiger charge is -2.23. The molecule has 0 radical (unpaired) electrons. The molecule has 48 heavy (non-hydrogen) atoms.